The third-order valence-electron chi connectivity index (χ3n) is 6.42. The van der Waals surface area contributed by atoms with Crippen LogP contribution in [0.25, 0.3) is 0 Å². The molecule has 0 spiro atoms. The summed E-state index contributed by atoms with van der Waals surface area (Å²) in [5.74, 6) is -0.588. The van der Waals surface area contributed by atoms with Gasteiger partial charge in [0.05, 0.1) is 19.6 Å². The van der Waals surface area contributed by atoms with Crippen molar-refractivity contribution in [2.24, 2.45) is 5.73 Å². The van der Waals surface area contributed by atoms with Crippen LogP contribution in [0, 0.1) is 5.41 Å². The molecule has 9 heteroatoms. The van der Waals surface area contributed by atoms with E-state index in [0.717, 1.165) is 5.56 Å². The van der Waals surface area contributed by atoms with E-state index in [9.17, 15) is 14.7 Å². The summed E-state index contributed by atoms with van der Waals surface area (Å²) in [5, 5.41) is 23.3. The van der Waals surface area contributed by atoms with Gasteiger partial charge in [0.25, 0.3) is 0 Å². The number of anilines is 1. The lowest BCUT2D eigenvalue weighted by Gasteiger charge is -2.25. The molecule has 0 aromatic heterocycles. The SMILES string of the molecule is COc1cc(C(Nc2ccc(C(=N)N)cc2)C(=O)NC(CC(=O)O)c2ccccc2)ccc1OCc1ccccc1. The van der Waals surface area contributed by atoms with Crippen molar-refractivity contribution in [2.75, 3.05) is 12.4 Å². The van der Waals surface area contributed by atoms with Gasteiger partial charge < -0.3 is 30.9 Å². The van der Waals surface area contributed by atoms with Crippen molar-refractivity contribution in [3.05, 3.63) is 125 Å². The first-order chi connectivity index (χ1) is 19.8. The number of aliphatic carboxylic acids is 1. The van der Waals surface area contributed by atoms with Gasteiger partial charge >= 0.3 is 5.97 Å². The van der Waals surface area contributed by atoms with Crippen LogP contribution in [0.3, 0.4) is 0 Å². The number of methoxy groups -OCH3 is 1. The average Bonchev–Trinajstić information content (AvgIpc) is 2.99. The van der Waals surface area contributed by atoms with Crippen LogP contribution in [0.1, 0.15) is 40.8 Å². The summed E-state index contributed by atoms with van der Waals surface area (Å²) < 4.78 is 11.6. The first kappa shape index (κ1) is 28.7. The summed E-state index contributed by atoms with van der Waals surface area (Å²) in [6.45, 7) is 0.342. The Hall–Kier alpha value is -5.31. The molecule has 4 rings (SSSR count). The lowest BCUT2D eigenvalue weighted by atomic mass is 10.0. The third kappa shape index (κ3) is 7.86. The number of amidine groups is 1. The van der Waals surface area contributed by atoms with E-state index in [0.29, 0.717) is 40.5 Å². The zero-order chi connectivity index (χ0) is 29.2. The molecule has 0 aliphatic carbocycles. The highest BCUT2D eigenvalue weighted by Crippen LogP contribution is 2.33. The molecule has 0 radical (unpaired) electrons. The molecule has 0 heterocycles. The van der Waals surface area contributed by atoms with Gasteiger partial charge in [-0.1, -0.05) is 66.7 Å². The molecule has 4 aromatic carbocycles. The van der Waals surface area contributed by atoms with Gasteiger partial charge in [-0.2, -0.15) is 0 Å². The van der Waals surface area contributed by atoms with Gasteiger partial charge in [0.1, 0.15) is 18.5 Å². The molecular weight excluding hydrogens is 520 g/mol. The number of carbonyl (C=O) groups is 2. The monoisotopic (exact) mass is 552 g/mol. The number of benzene rings is 4. The number of hydrogen-bond acceptors (Lipinski definition) is 6. The second kappa shape index (κ2) is 13.7. The molecular formula is C32H32N4O5. The third-order valence-corrected chi connectivity index (χ3v) is 6.42. The van der Waals surface area contributed by atoms with Crippen LogP contribution in [-0.2, 0) is 16.2 Å². The van der Waals surface area contributed by atoms with Crippen LogP contribution in [0.5, 0.6) is 11.5 Å². The molecule has 0 saturated heterocycles. The summed E-state index contributed by atoms with van der Waals surface area (Å²) in [7, 11) is 1.52. The van der Waals surface area contributed by atoms with E-state index < -0.39 is 24.0 Å². The van der Waals surface area contributed by atoms with E-state index >= 15 is 0 Å². The van der Waals surface area contributed by atoms with Gasteiger partial charge in [-0.05, 0) is 53.1 Å². The largest absolute Gasteiger partial charge is 0.493 e. The van der Waals surface area contributed by atoms with Crippen molar-refractivity contribution >= 4 is 23.4 Å². The number of ether oxygens (including phenoxy) is 2. The Labute approximate surface area is 238 Å². The lowest BCUT2D eigenvalue weighted by molar-refractivity contribution is -0.137. The molecule has 41 heavy (non-hydrogen) atoms. The Morgan fingerprint density at radius 1 is 0.878 bits per heavy atom. The minimum absolute atomic E-state index is 0.0685. The molecule has 0 aliphatic heterocycles. The summed E-state index contributed by atoms with van der Waals surface area (Å²) in [5.41, 5.74) is 8.98. The number of carboxylic acids is 1. The van der Waals surface area contributed by atoms with Gasteiger partial charge in [-0.15, -0.1) is 0 Å². The highest BCUT2D eigenvalue weighted by atomic mass is 16.5. The predicted octanol–water partition coefficient (Wildman–Crippen LogP) is 5.04. The predicted molar refractivity (Wildman–Crippen MR) is 157 cm³/mol. The molecule has 9 nitrogen and oxygen atoms in total. The molecule has 0 aliphatic rings. The average molecular weight is 553 g/mol. The van der Waals surface area contributed by atoms with E-state index in [1.54, 1.807) is 66.7 Å². The van der Waals surface area contributed by atoms with Gasteiger partial charge in [0, 0.05) is 11.3 Å². The van der Waals surface area contributed by atoms with E-state index in [1.165, 1.54) is 7.11 Å². The number of amides is 1. The minimum atomic E-state index is -1.04. The molecule has 2 unspecified atom stereocenters. The van der Waals surface area contributed by atoms with Crippen molar-refractivity contribution in [3.8, 4) is 11.5 Å². The smallest absolute Gasteiger partial charge is 0.305 e. The number of rotatable bonds is 13. The number of nitrogens with two attached hydrogens (primary N) is 1. The summed E-state index contributed by atoms with van der Waals surface area (Å²) in [6, 6.07) is 29.0. The fourth-order valence-corrected chi connectivity index (χ4v) is 4.30. The summed E-state index contributed by atoms with van der Waals surface area (Å²) in [6.07, 6.45) is -0.286. The van der Waals surface area contributed by atoms with Crippen LogP contribution >= 0.6 is 0 Å². The Balaban J connectivity index is 1.64. The molecule has 0 saturated carbocycles. The number of hydrogen-bond donors (Lipinski definition) is 5. The van der Waals surface area contributed by atoms with Gasteiger partial charge in [-0.3, -0.25) is 15.0 Å². The summed E-state index contributed by atoms with van der Waals surface area (Å²) in [4.78, 5) is 25.4. The van der Waals surface area contributed by atoms with Gasteiger partial charge in [0.15, 0.2) is 11.5 Å². The van der Waals surface area contributed by atoms with Crippen LogP contribution in [0.4, 0.5) is 5.69 Å². The molecule has 6 N–H and O–H groups in total. The maximum Gasteiger partial charge on any atom is 0.305 e. The van der Waals surface area contributed by atoms with Crippen molar-refractivity contribution in [3.63, 3.8) is 0 Å². The number of carboxylic acid groups (broad SMARTS) is 1. The highest BCUT2D eigenvalue weighted by molar-refractivity contribution is 5.95. The van der Waals surface area contributed by atoms with Crippen molar-refractivity contribution in [1.29, 1.82) is 5.41 Å². The Morgan fingerprint density at radius 2 is 1.54 bits per heavy atom. The van der Waals surface area contributed by atoms with E-state index in [-0.39, 0.29) is 12.3 Å². The van der Waals surface area contributed by atoms with Gasteiger partial charge in [-0.25, -0.2) is 0 Å². The highest BCUT2D eigenvalue weighted by Gasteiger charge is 2.26. The van der Waals surface area contributed by atoms with Crippen LogP contribution in [0.2, 0.25) is 0 Å². The molecule has 210 valence electrons. The minimum Gasteiger partial charge on any atom is -0.493 e. The van der Waals surface area contributed by atoms with Crippen LogP contribution < -0.4 is 25.8 Å². The molecule has 2 atom stereocenters. The van der Waals surface area contributed by atoms with Crippen LogP contribution in [0.15, 0.2) is 103 Å². The Morgan fingerprint density at radius 3 is 2.15 bits per heavy atom. The topological polar surface area (TPSA) is 147 Å². The molecule has 0 bridgehead atoms. The second-order valence-corrected chi connectivity index (χ2v) is 9.32. The van der Waals surface area contributed by atoms with Crippen molar-refractivity contribution < 1.29 is 24.2 Å². The quantitative estimate of drug-likeness (QED) is 0.115. The van der Waals surface area contributed by atoms with Crippen molar-refractivity contribution in [1.82, 2.24) is 5.32 Å². The zero-order valence-electron chi connectivity index (χ0n) is 22.5. The number of nitrogens with one attached hydrogen (secondary N) is 3. The fourth-order valence-electron chi connectivity index (χ4n) is 4.30. The lowest BCUT2D eigenvalue weighted by Crippen LogP contribution is -2.37. The number of carbonyl (C=O) groups excluding carboxylic acids is 1. The van der Waals surface area contributed by atoms with Crippen molar-refractivity contribution in [2.45, 2.75) is 25.1 Å². The van der Waals surface area contributed by atoms with Gasteiger partial charge in [0.2, 0.25) is 5.91 Å². The summed E-state index contributed by atoms with van der Waals surface area (Å²) >= 11 is 0. The standard InChI is InChI=1S/C32H32N4O5/c1-40-28-18-24(14-17-27(28)41-20-21-8-4-2-5-9-21)30(35-25-15-12-23(13-16-25)31(33)34)32(39)36-26(19-29(37)38)22-10-6-3-7-11-22/h2-18,26,30,35H,19-20H2,1H3,(H3,33,34)(H,36,39)(H,37,38). The van der Waals surface area contributed by atoms with E-state index in [2.05, 4.69) is 10.6 Å². The Bertz CT molecular complexity index is 1480. The molecule has 4 aromatic rings. The Kier molecular flexibility index (Phi) is 9.56. The first-order valence-corrected chi connectivity index (χ1v) is 13.0. The maximum absolute atomic E-state index is 13.8. The van der Waals surface area contributed by atoms with E-state index in [4.69, 9.17) is 20.6 Å². The normalized spacial score (nSPS) is 12.0. The second-order valence-electron chi connectivity index (χ2n) is 9.32. The number of nitrogen functional groups attached to an aromatic ring is 1. The molecule has 1 amide bonds. The molecule has 0 fully saturated rings. The fraction of sp³-hybridized carbons (Fsp3) is 0.156. The zero-order valence-corrected chi connectivity index (χ0v) is 22.5. The van der Waals surface area contributed by atoms with Crippen LogP contribution in [-0.4, -0.2) is 29.9 Å². The first-order valence-electron chi connectivity index (χ1n) is 13.0. The van der Waals surface area contributed by atoms with E-state index in [1.807, 2.05) is 36.4 Å². The maximum atomic E-state index is 13.8.